The van der Waals surface area contributed by atoms with Gasteiger partial charge in [0.15, 0.2) is 0 Å². The van der Waals surface area contributed by atoms with Crippen molar-refractivity contribution in [2.24, 2.45) is 0 Å². The summed E-state index contributed by atoms with van der Waals surface area (Å²) >= 11 is 6.11. The molecule has 1 amide bonds. The predicted octanol–water partition coefficient (Wildman–Crippen LogP) is 9.05. The number of ether oxygens (including phenoxy) is 1. The zero-order valence-corrected chi connectivity index (χ0v) is 26.5. The third-order valence-corrected chi connectivity index (χ3v) is 9.66. The Hall–Kier alpha value is -4.50. The van der Waals surface area contributed by atoms with Crippen LogP contribution in [0.4, 0.5) is 14.5 Å². The first kappa shape index (κ1) is 31.1. The van der Waals surface area contributed by atoms with Gasteiger partial charge >= 0.3 is 5.97 Å². The number of nitrogens with zero attached hydrogens (tertiary/aromatic N) is 3. The first-order valence-electron chi connectivity index (χ1n) is 16.1. The molecule has 0 radical (unpaired) electrons. The van der Waals surface area contributed by atoms with Crippen molar-refractivity contribution in [2.45, 2.75) is 70.2 Å². The van der Waals surface area contributed by atoms with Gasteiger partial charge in [0.05, 0.1) is 28.0 Å². The molecule has 1 aromatic heterocycles. The molecule has 0 spiro atoms. The average Bonchev–Trinajstić information content (AvgIpc) is 3.67. The molecule has 7 nitrogen and oxygen atoms in total. The van der Waals surface area contributed by atoms with Crippen molar-refractivity contribution in [3.05, 3.63) is 100 Å². The van der Waals surface area contributed by atoms with Crippen LogP contribution in [0.1, 0.15) is 79.2 Å². The van der Waals surface area contributed by atoms with Crippen LogP contribution in [-0.4, -0.2) is 39.3 Å². The highest BCUT2D eigenvalue weighted by Gasteiger charge is 2.30. The van der Waals surface area contributed by atoms with Gasteiger partial charge in [-0.3, -0.25) is 4.79 Å². The van der Waals surface area contributed by atoms with Gasteiger partial charge in [-0.15, -0.1) is 0 Å². The molecule has 1 atom stereocenters. The van der Waals surface area contributed by atoms with Crippen LogP contribution in [0.15, 0.2) is 72.5 Å². The van der Waals surface area contributed by atoms with Gasteiger partial charge in [0.1, 0.15) is 24.4 Å². The smallest absolute Gasteiger partial charge is 0.335 e. The maximum absolute atomic E-state index is 16.1. The van der Waals surface area contributed by atoms with Crippen LogP contribution >= 0.6 is 11.6 Å². The number of hydrogen-bond donors (Lipinski definition) is 1. The molecular weight excluding hydrogens is 624 g/mol. The van der Waals surface area contributed by atoms with Crippen molar-refractivity contribution in [2.75, 3.05) is 11.4 Å². The average molecular weight is 658 g/mol. The Morgan fingerprint density at radius 3 is 2.51 bits per heavy atom. The van der Waals surface area contributed by atoms with E-state index in [1.54, 1.807) is 60.7 Å². The molecular formula is C37H34ClF2N3O4. The quantitative estimate of drug-likeness (QED) is 0.204. The van der Waals surface area contributed by atoms with E-state index in [2.05, 4.69) is 4.57 Å². The Balaban J connectivity index is 1.21. The zero-order chi connectivity index (χ0) is 32.7. The third kappa shape index (κ3) is 6.16. The monoisotopic (exact) mass is 657 g/mol. The lowest BCUT2D eigenvalue weighted by molar-refractivity contribution is -0.117. The van der Waals surface area contributed by atoms with Crippen molar-refractivity contribution in [1.82, 2.24) is 9.55 Å². The van der Waals surface area contributed by atoms with Gasteiger partial charge in [-0.2, -0.15) is 0 Å². The number of carboxylic acid groups (broad SMARTS) is 1. The second-order valence-corrected chi connectivity index (χ2v) is 12.9. The van der Waals surface area contributed by atoms with Crippen LogP contribution in [-0.2, 0) is 16.1 Å². The number of carbonyl (C=O) groups is 2. The fraction of sp³-hybridized carbons (Fsp3) is 0.324. The molecule has 4 aromatic rings. The SMILES string of the molecule is O=C(O)c1ccc2c(c1)nc(C1=CC=C(OCc3cc(N4CCCC4=O)c(F)cc3-c3ccc(Cl)cc3)CC1F)n2C1CCCCC1. The molecule has 1 saturated carbocycles. The summed E-state index contributed by atoms with van der Waals surface area (Å²) in [5, 5.41) is 10.1. The Labute approximate surface area is 276 Å². The zero-order valence-electron chi connectivity index (χ0n) is 25.7. The molecule has 2 aliphatic carbocycles. The van der Waals surface area contributed by atoms with Gasteiger partial charge in [0.2, 0.25) is 5.91 Å². The molecule has 0 bridgehead atoms. The maximum atomic E-state index is 16.1. The molecule has 2 heterocycles. The number of aromatic nitrogens is 2. The van der Waals surface area contributed by atoms with Crippen molar-refractivity contribution in [3.63, 3.8) is 0 Å². The number of aromatic carboxylic acids is 1. The van der Waals surface area contributed by atoms with Crippen LogP contribution in [0.25, 0.3) is 27.7 Å². The number of carboxylic acids is 1. The Kier molecular flexibility index (Phi) is 8.57. The van der Waals surface area contributed by atoms with E-state index >= 15 is 8.78 Å². The van der Waals surface area contributed by atoms with E-state index in [4.69, 9.17) is 21.3 Å². The highest BCUT2D eigenvalue weighted by molar-refractivity contribution is 6.30. The first-order chi connectivity index (χ1) is 22.8. The fourth-order valence-corrected chi connectivity index (χ4v) is 7.14. The van der Waals surface area contributed by atoms with Crippen molar-refractivity contribution < 1.29 is 28.2 Å². The molecule has 1 unspecified atom stereocenters. The number of halogens is 3. The minimum absolute atomic E-state index is 0.0188. The van der Waals surface area contributed by atoms with E-state index in [0.29, 0.717) is 58.2 Å². The second kappa shape index (κ2) is 13.0. The summed E-state index contributed by atoms with van der Waals surface area (Å²) in [6.07, 6.45) is 8.25. The fourth-order valence-electron chi connectivity index (χ4n) is 7.01. The molecule has 2 fully saturated rings. The van der Waals surface area contributed by atoms with E-state index in [1.165, 1.54) is 11.0 Å². The molecule has 3 aliphatic rings. The molecule has 7 rings (SSSR count). The lowest BCUT2D eigenvalue weighted by atomic mass is 9.94. The van der Waals surface area contributed by atoms with Crippen LogP contribution in [0.3, 0.4) is 0 Å². The van der Waals surface area contributed by atoms with Gasteiger partial charge < -0.3 is 19.3 Å². The molecule has 1 N–H and O–H groups in total. The van der Waals surface area contributed by atoms with Gasteiger partial charge in [-0.05, 0) is 90.6 Å². The lowest BCUT2D eigenvalue weighted by Crippen LogP contribution is -2.25. The summed E-state index contributed by atoms with van der Waals surface area (Å²) in [7, 11) is 0. The number of amides is 1. The van der Waals surface area contributed by atoms with E-state index in [9.17, 15) is 14.7 Å². The highest BCUT2D eigenvalue weighted by Crippen LogP contribution is 2.39. The van der Waals surface area contributed by atoms with E-state index in [0.717, 1.165) is 43.2 Å². The van der Waals surface area contributed by atoms with Gasteiger partial charge in [0, 0.05) is 36.0 Å². The summed E-state index contributed by atoms with van der Waals surface area (Å²) in [6, 6.07) is 15.2. The number of carbonyl (C=O) groups excluding carboxylic acids is 1. The van der Waals surface area contributed by atoms with Crippen molar-refractivity contribution >= 4 is 45.8 Å². The Morgan fingerprint density at radius 1 is 1.02 bits per heavy atom. The molecule has 3 aromatic carbocycles. The summed E-state index contributed by atoms with van der Waals surface area (Å²) < 4.78 is 39.8. The second-order valence-electron chi connectivity index (χ2n) is 12.4. The molecule has 1 aliphatic heterocycles. The van der Waals surface area contributed by atoms with E-state index < -0.39 is 18.0 Å². The summed E-state index contributed by atoms with van der Waals surface area (Å²) in [5.41, 5.74) is 4.09. The lowest BCUT2D eigenvalue weighted by Gasteiger charge is -2.27. The molecule has 242 valence electrons. The predicted molar refractivity (Wildman–Crippen MR) is 178 cm³/mol. The van der Waals surface area contributed by atoms with E-state index in [1.807, 2.05) is 0 Å². The highest BCUT2D eigenvalue weighted by atomic mass is 35.5. The number of fused-ring (bicyclic) bond motifs is 1. The van der Waals surface area contributed by atoms with Gasteiger partial charge in [0.25, 0.3) is 0 Å². The Bertz CT molecular complexity index is 1930. The first-order valence-corrected chi connectivity index (χ1v) is 16.5. The number of allylic oxidation sites excluding steroid dienone is 4. The van der Waals surface area contributed by atoms with Crippen LogP contribution < -0.4 is 4.90 Å². The van der Waals surface area contributed by atoms with Crippen LogP contribution in [0.2, 0.25) is 5.02 Å². The van der Waals surface area contributed by atoms with Crippen LogP contribution in [0, 0.1) is 5.82 Å². The topological polar surface area (TPSA) is 84.7 Å². The molecule has 10 heteroatoms. The molecule has 47 heavy (non-hydrogen) atoms. The largest absolute Gasteiger partial charge is 0.493 e. The third-order valence-electron chi connectivity index (χ3n) is 9.41. The number of alkyl halides is 1. The van der Waals surface area contributed by atoms with Gasteiger partial charge in [-0.1, -0.05) is 43.0 Å². The number of hydrogen-bond acceptors (Lipinski definition) is 4. The standard InChI is InChI=1S/C37H34ClF2N3O4/c38-25-11-8-22(9-12-25)29-20-31(40)34(42-16-4-7-35(42)44)18-24(29)21-47-27-13-14-28(30(39)19-27)36-41-32-17-23(37(45)46)10-15-33(32)43(36)26-5-2-1-3-6-26/h8-15,17-18,20,26,30H,1-7,16,19,21H2,(H,45,46). The van der Waals surface area contributed by atoms with Crippen LogP contribution in [0.5, 0.6) is 0 Å². The summed E-state index contributed by atoms with van der Waals surface area (Å²) in [4.78, 5) is 30.4. The summed E-state index contributed by atoms with van der Waals surface area (Å²) in [5.74, 6) is -0.717. The van der Waals surface area contributed by atoms with E-state index in [-0.39, 0.29) is 36.2 Å². The Morgan fingerprint density at radius 2 is 1.81 bits per heavy atom. The van der Waals surface area contributed by atoms with Crippen molar-refractivity contribution in [1.29, 1.82) is 0 Å². The number of benzene rings is 3. The normalized spacial score (nSPS) is 18.8. The number of rotatable bonds is 8. The van der Waals surface area contributed by atoms with Gasteiger partial charge in [-0.25, -0.2) is 18.6 Å². The maximum Gasteiger partial charge on any atom is 0.335 e. The minimum atomic E-state index is -1.41. The minimum Gasteiger partial charge on any atom is -0.493 e. The van der Waals surface area contributed by atoms with Crippen molar-refractivity contribution in [3.8, 4) is 11.1 Å². The summed E-state index contributed by atoms with van der Waals surface area (Å²) in [6.45, 7) is 0.482. The number of anilines is 1. The molecule has 1 saturated heterocycles. The number of imidazole rings is 1.